The van der Waals surface area contributed by atoms with E-state index in [4.69, 9.17) is 4.74 Å². The third kappa shape index (κ3) is 7.40. The van der Waals surface area contributed by atoms with Crippen LogP contribution in [0.5, 0.6) is 0 Å². The van der Waals surface area contributed by atoms with Crippen LogP contribution in [0.1, 0.15) is 66.2 Å². The van der Waals surface area contributed by atoms with Crippen molar-refractivity contribution in [3.05, 3.63) is 0 Å². The van der Waals surface area contributed by atoms with Gasteiger partial charge in [0.15, 0.2) is 0 Å². The second-order valence-electron chi connectivity index (χ2n) is 4.44. The van der Waals surface area contributed by atoms with Crippen molar-refractivity contribution in [2.24, 2.45) is 5.92 Å². The van der Waals surface area contributed by atoms with Gasteiger partial charge in [0.05, 0.1) is 12.0 Å². The third-order valence-electron chi connectivity index (χ3n) is 2.58. The Hall–Kier alpha value is -0.530. The van der Waals surface area contributed by atoms with Crippen molar-refractivity contribution in [1.29, 1.82) is 0 Å². The predicted molar refractivity (Wildman–Crippen MR) is 63.8 cm³/mol. The van der Waals surface area contributed by atoms with Crippen LogP contribution < -0.4 is 0 Å². The van der Waals surface area contributed by atoms with Gasteiger partial charge in [-0.15, -0.1) is 0 Å². The zero-order valence-electron chi connectivity index (χ0n) is 10.7. The molecule has 0 rings (SSSR count). The molecule has 15 heavy (non-hydrogen) atoms. The summed E-state index contributed by atoms with van der Waals surface area (Å²) in [5.41, 5.74) is 0. The molecule has 0 aliphatic rings. The van der Waals surface area contributed by atoms with Gasteiger partial charge in [0, 0.05) is 0 Å². The molecule has 0 aliphatic carbocycles. The zero-order valence-corrected chi connectivity index (χ0v) is 10.7. The Balaban J connectivity index is 3.75. The molecule has 0 aliphatic heterocycles. The Morgan fingerprint density at radius 1 is 1.13 bits per heavy atom. The molecule has 2 nitrogen and oxygen atoms in total. The molecule has 0 bridgehead atoms. The van der Waals surface area contributed by atoms with Gasteiger partial charge in [0.1, 0.15) is 0 Å². The molecular formula is C13H26O2. The zero-order chi connectivity index (χ0) is 11.7. The van der Waals surface area contributed by atoms with Crippen molar-refractivity contribution >= 4 is 5.97 Å². The van der Waals surface area contributed by atoms with E-state index in [2.05, 4.69) is 13.8 Å². The summed E-state index contributed by atoms with van der Waals surface area (Å²) in [5.74, 6) is 0.105. The second-order valence-corrected chi connectivity index (χ2v) is 4.44. The lowest BCUT2D eigenvalue weighted by molar-refractivity contribution is -0.152. The van der Waals surface area contributed by atoms with E-state index in [0.717, 1.165) is 19.3 Å². The fourth-order valence-corrected chi connectivity index (χ4v) is 1.63. The van der Waals surface area contributed by atoms with Crippen molar-refractivity contribution < 1.29 is 9.53 Å². The topological polar surface area (TPSA) is 26.3 Å². The van der Waals surface area contributed by atoms with Crippen molar-refractivity contribution in [2.45, 2.75) is 72.3 Å². The average Bonchev–Trinajstić information content (AvgIpc) is 2.16. The van der Waals surface area contributed by atoms with Gasteiger partial charge in [-0.05, 0) is 26.7 Å². The molecule has 1 atom stereocenters. The Bertz CT molecular complexity index is 164. The summed E-state index contributed by atoms with van der Waals surface area (Å²) in [6.45, 7) is 8.07. The molecule has 0 amide bonds. The summed E-state index contributed by atoms with van der Waals surface area (Å²) in [4.78, 5) is 11.6. The van der Waals surface area contributed by atoms with Gasteiger partial charge in [-0.25, -0.2) is 0 Å². The Morgan fingerprint density at radius 3 is 2.27 bits per heavy atom. The van der Waals surface area contributed by atoms with E-state index in [-0.39, 0.29) is 18.0 Å². The molecule has 0 aromatic carbocycles. The summed E-state index contributed by atoms with van der Waals surface area (Å²) < 4.78 is 5.22. The van der Waals surface area contributed by atoms with E-state index in [1.807, 2.05) is 13.8 Å². The highest BCUT2D eigenvalue weighted by atomic mass is 16.5. The summed E-state index contributed by atoms with van der Waals surface area (Å²) in [6.07, 6.45) is 6.81. The van der Waals surface area contributed by atoms with Crippen molar-refractivity contribution in [3.63, 3.8) is 0 Å². The maximum absolute atomic E-state index is 11.6. The van der Waals surface area contributed by atoms with Crippen molar-refractivity contribution in [2.75, 3.05) is 0 Å². The van der Waals surface area contributed by atoms with Gasteiger partial charge in [-0.2, -0.15) is 0 Å². The van der Waals surface area contributed by atoms with Crippen LogP contribution in [0.25, 0.3) is 0 Å². The smallest absolute Gasteiger partial charge is 0.309 e. The molecule has 0 radical (unpaired) electrons. The van der Waals surface area contributed by atoms with Crippen LogP contribution >= 0.6 is 0 Å². The Labute approximate surface area is 94.4 Å². The fourth-order valence-electron chi connectivity index (χ4n) is 1.63. The van der Waals surface area contributed by atoms with E-state index in [1.165, 1.54) is 19.3 Å². The third-order valence-corrected chi connectivity index (χ3v) is 2.58. The quantitative estimate of drug-likeness (QED) is 0.452. The molecule has 2 heteroatoms. The van der Waals surface area contributed by atoms with Crippen LogP contribution in [0.3, 0.4) is 0 Å². The lowest BCUT2D eigenvalue weighted by Gasteiger charge is -2.15. The number of unbranched alkanes of at least 4 members (excludes halogenated alkanes) is 3. The number of hydrogen-bond acceptors (Lipinski definition) is 2. The van der Waals surface area contributed by atoms with Crippen LogP contribution in [0.2, 0.25) is 0 Å². The molecule has 0 saturated carbocycles. The number of ether oxygens (including phenoxy) is 1. The highest BCUT2D eigenvalue weighted by Gasteiger charge is 2.18. The number of esters is 1. The lowest BCUT2D eigenvalue weighted by Crippen LogP contribution is -2.20. The van der Waals surface area contributed by atoms with Crippen LogP contribution in [0, 0.1) is 5.92 Å². The maximum atomic E-state index is 11.6. The molecule has 0 aromatic rings. The first-order valence-electron chi connectivity index (χ1n) is 6.32. The minimum absolute atomic E-state index is 0.0102. The highest BCUT2D eigenvalue weighted by molar-refractivity contribution is 5.72. The number of carbonyl (C=O) groups is 1. The lowest BCUT2D eigenvalue weighted by atomic mass is 9.98. The largest absolute Gasteiger partial charge is 0.463 e. The second kappa shape index (κ2) is 8.75. The summed E-state index contributed by atoms with van der Waals surface area (Å²) in [7, 11) is 0. The summed E-state index contributed by atoms with van der Waals surface area (Å²) in [5, 5.41) is 0. The molecule has 0 N–H and O–H groups in total. The summed E-state index contributed by atoms with van der Waals surface area (Å²) in [6, 6.07) is 0. The van der Waals surface area contributed by atoms with Crippen molar-refractivity contribution in [1.82, 2.24) is 0 Å². The van der Waals surface area contributed by atoms with Crippen LogP contribution in [-0.2, 0) is 9.53 Å². The number of rotatable bonds is 8. The van der Waals surface area contributed by atoms with Gasteiger partial charge in [-0.3, -0.25) is 4.79 Å². The Morgan fingerprint density at radius 2 is 1.80 bits per heavy atom. The monoisotopic (exact) mass is 214 g/mol. The first kappa shape index (κ1) is 14.5. The molecule has 1 unspecified atom stereocenters. The normalized spacial score (nSPS) is 12.9. The van der Waals surface area contributed by atoms with Gasteiger partial charge in [-0.1, -0.05) is 39.5 Å². The fraction of sp³-hybridized carbons (Fsp3) is 0.923. The first-order chi connectivity index (χ1) is 7.11. The number of hydrogen-bond donors (Lipinski definition) is 0. The standard InChI is InChI=1S/C13H26O2/c1-5-7-8-9-10-12(6-2)13(14)15-11(3)4/h11-12H,5-10H2,1-4H3. The minimum Gasteiger partial charge on any atom is -0.463 e. The predicted octanol–water partition coefficient (Wildman–Crippen LogP) is 3.93. The molecule has 90 valence electrons. The van der Waals surface area contributed by atoms with Crippen LogP contribution in [0.15, 0.2) is 0 Å². The van der Waals surface area contributed by atoms with E-state index in [1.54, 1.807) is 0 Å². The maximum Gasteiger partial charge on any atom is 0.309 e. The van der Waals surface area contributed by atoms with E-state index >= 15 is 0 Å². The average molecular weight is 214 g/mol. The molecule has 0 fully saturated rings. The van der Waals surface area contributed by atoms with Gasteiger partial charge in [0.25, 0.3) is 0 Å². The first-order valence-corrected chi connectivity index (χ1v) is 6.32. The highest BCUT2D eigenvalue weighted by Crippen LogP contribution is 2.16. The van der Waals surface area contributed by atoms with E-state index in [9.17, 15) is 4.79 Å². The van der Waals surface area contributed by atoms with Crippen LogP contribution in [-0.4, -0.2) is 12.1 Å². The molecule has 0 saturated heterocycles. The van der Waals surface area contributed by atoms with Crippen LogP contribution in [0.4, 0.5) is 0 Å². The minimum atomic E-state index is -0.0102. The van der Waals surface area contributed by atoms with Crippen molar-refractivity contribution in [3.8, 4) is 0 Å². The molecular weight excluding hydrogens is 188 g/mol. The summed E-state index contributed by atoms with van der Waals surface area (Å²) >= 11 is 0. The van der Waals surface area contributed by atoms with E-state index in [0.29, 0.717) is 0 Å². The Kier molecular flexibility index (Phi) is 8.44. The van der Waals surface area contributed by atoms with Gasteiger partial charge in [0.2, 0.25) is 0 Å². The van der Waals surface area contributed by atoms with E-state index < -0.39 is 0 Å². The molecule has 0 heterocycles. The number of carbonyl (C=O) groups excluding carboxylic acids is 1. The van der Waals surface area contributed by atoms with Gasteiger partial charge >= 0.3 is 5.97 Å². The molecule has 0 aromatic heterocycles. The SMILES string of the molecule is CCCCCCC(CC)C(=O)OC(C)C. The van der Waals surface area contributed by atoms with Gasteiger partial charge < -0.3 is 4.74 Å². The molecule has 0 spiro atoms.